The molecular weight excluding hydrogens is 847 g/mol. The number of aliphatic hydroxyl groups excluding tert-OH is 2. The van der Waals surface area contributed by atoms with Crippen LogP contribution in [0.5, 0.6) is 11.5 Å². The van der Waals surface area contributed by atoms with E-state index in [9.17, 15) is 19.8 Å². The SMILES string of the molecule is C=CCOC12Oc3ccc(OC(=O)NCc4ccccc4)cc3C3C(CCCCO)C(CCCCO)C=C(C(=NOC(C)(C)C)CC1N(CCC)C(=O)OCCCCCCCCCCCC)C32. The predicted octanol–water partition coefficient (Wildman–Crippen LogP) is 12.2. The number of allylic oxidation sites excluding steroid dienone is 1. The van der Waals surface area contributed by atoms with E-state index in [4.69, 9.17) is 28.9 Å². The molecule has 372 valence electrons. The molecule has 1 heterocycles. The van der Waals surface area contributed by atoms with Crippen molar-refractivity contribution in [3.05, 3.63) is 84.0 Å². The molecule has 1 fully saturated rings. The highest BCUT2D eigenvalue weighted by molar-refractivity contribution is 6.03. The van der Waals surface area contributed by atoms with E-state index in [0.29, 0.717) is 50.5 Å². The lowest BCUT2D eigenvalue weighted by atomic mass is 9.55. The molecule has 0 bridgehead atoms. The number of ether oxygens (including phenoxy) is 4. The number of benzene rings is 2. The molecular formula is C55H83N3O9. The van der Waals surface area contributed by atoms with E-state index in [2.05, 4.69) is 31.8 Å². The van der Waals surface area contributed by atoms with E-state index in [1.165, 1.54) is 44.9 Å². The first-order valence-electron chi connectivity index (χ1n) is 25.7. The summed E-state index contributed by atoms with van der Waals surface area (Å²) >= 11 is 0. The van der Waals surface area contributed by atoms with Gasteiger partial charge < -0.3 is 39.3 Å². The number of carbonyl (C=O) groups excluding carboxylic acids is 2. The lowest BCUT2D eigenvalue weighted by Crippen LogP contribution is -2.70. The van der Waals surface area contributed by atoms with Gasteiger partial charge >= 0.3 is 12.2 Å². The van der Waals surface area contributed by atoms with E-state index >= 15 is 0 Å². The Bertz CT molecular complexity index is 1880. The molecule has 6 atom stereocenters. The van der Waals surface area contributed by atoms with Crippen molar-refractivity contribution in [2.45, 2.75) is 180 Å². The van der Waals surface area contributed by atoms with Crippen LogP contribution >= 0.6 is 0 Å². The average molecular weight is 930 g/mol. The lowest BCUT2D eigenvalue weighted by Gasteiger charge is -2.60. The molecule has 3 aliphatic rings. The van der Waals surface area contributed by atoms with Gasteiger partial charge in [0, 0.05) is 44.2 Å². The van der Waals surface area contributed by atoms with Gasteiger partial charge in [0.15, 0.2) is 0 Å². The Morgan fingerprint density at radius 2 is 1.58 bits per heavy atom. The van der Waals surface area contributed by atoms with Gasteiger partial charge in [-0.05, 0) is 100 Å². The molecule has 6 unspecified atom stereocenters. The maximum Gasteiger partial charge on any atom is 0.412 e. The zero-order valence-corrected chi connectivity index (χ0v) is 41.5. The van der Waals surface area contributed by atoms with Crippen molar-refractivity contribution in [2.75, 3.05) is 33.0 Å². The number of amides is 2. The fraction of sp³-hybridized carbons (Fsp3) is 0.655. The molecule has 2 aromatic carbocycles. The summed E-state index contributed by atoms with van der Waals surface area (Å²) in [4.78, 5) is 36.0. The quantitative estimate of drug-likeness (QED) is 0.0412. The smallest absolute Gasteiger partial charge is 0.412 e. The Morgan fingerprint density at radius 3 is 2.24 bits per heavy atom. The standard InChI is InChI=1S/C55H83N3O9/c1-7-10-11-12-13-14-15-16-17-25-36-63-53(62)58(32-8-2)49-39-47(57-67-54(4,5)6)45-37-42(28-21-23-33-59)44(29-22-24-34-60)50-46-38-43(65-52(61)56-40-41-26-19-18-20-27-41)30-31-48(46)66-55(49,51(45)50)64-35-9-3/h9,18-20,26-27,30-31,37-38,42,44,49-51,59-60H,3,7-8,10-17,21-25,28-29,32-36,39-40H2,1-2,4-6H3,(H,56,61). The van der Waals surface area contributed by atoms with Crippen LogP contribution in [0.2, 0.25) is 0 Å². The van der Waals surface area contributed by atoms with Gasteiger partial charge in [-0.25, -0.2) is 9.59 Å². The Labute approximate surface area is 401 Å². The highest BCUT2D eigenvalue weighted by atomic mass is 16.7. The second-order valence-electron chi connectivity index (χ2n) is 19.7. The predicted molar refractivity (Wildman–Crippen MR) is 265 cm³/mol. The molecule has 12 nitrogen and oxygen atoms in total. The third-order valence-electron chi connectivity index (χ3n) is 13.4. The van der Waals surface area contributed by atoms with Gasteiger partial charge in [-0.15, -0.1) is 6.58 Å². The van der Waals surface area contributed by atoms with Crippen LogP contribution in [-0.4, -0.2) is 83.4 Å². The largest absolute Gasteiger partial charge is 0.459 e. The topological polar surface area (TPSA) is 148 Å². The van der Waals surface area contributed by atoms with E-state index in [1.807, 2.05) is 63.2 Å². The first-order valence-corrected chi connectivity index (χ1v) is 25.7. The summed E-state index contributed by atoms with van der Waals surface area (Å²) in [7, 11) is 0. The third kappa shape index (κ3) is 15.3. The molecule has 1 aliphatic heterocycles. The monoisotopic (exact) mass is 930 g/mol. The van der Waals surface area contributed by atoms with Crippen LogP contribution in [-0.2, 0) is 20.9 Å². The molecule has 0 radical (unpaired) electrons. The van der Waals surface area contributed by atoms with Gasteiger partial charge in [-0.1, -0.05) is 132 Å². The minimum atomic E-state index is -1.41. The summed E-state index contributed by atoms with van der Waals surface area (Å²) in [6.07, 6.45) is 20.3. The van der Waals surface area contributed by atoms with Gasteiger partial charge in [0.25, 0.3) is 0 Å². The minimum Gasteiger partial charge on any atom is -0.459 e. The molecule has 2 amide bonds. The number of unbranched alkanes of at least 4 members (excludes halogenated alkanes) is 11. The molecule has 3 N–H and O–H groups in total. The summed E-state index contributed by atoms with van der Waals surface area (Å²) in [6.45, 7) is 15.6. The van der Waals surface area contributed by atoms with Gasteiger partial charge in [-0.2, -0.15) is 0 Å². The van der Waals surface area contributed by atoms with Crippen LogP contribution < -0.4 is 14.8 Å². The number of carbonyl (C=O) groups is 2. The maximum absolute atomic E-state index is 14.6. The van der Waals surface area contributed by atoms with Crippen molar-refractivity contribution in [1.29, 1.82) is 0 Å². The molecule has 67 heavy (non-hydrogen) atoms. The zero-order chi connectivity index (χ0) is 48.1. The van der Waals surface area contributed by atoms with Crippen LogP contribution in [0.3, 0.4) is 0 Å². The molecule has 1 saturated carbocycles. The fourth-order valence-corrected chi connectivity index (χ4v) is 10.3. The highest BCUT2D eigenvalue weighted by Gasteiger charge is 2.65. The van der Waals surface area contributed by atoms with Gasteiger partial charge in [0.1, 0.15) is 23.1 Å². The number of nitrogens with zero attached hydrogens (tertiary/aromatic N) is 2. The van der Waals surface area contributed by atoms with Crippen LogP contribution in [0.25, 0.3) is 0 Å². The first-order chi connectivity index (χ1) is 32.5. The number of hydrogen-bond acceptors (Lipinski definition) is 10. The molecule has 2 aliphatic carbocycles. The summed E-state index contributed by atoms with van der Waals surface area (Å²) in [5, 5.41) is 27.8. The molecule has 0 aromatic heterocycles. The Morgan fingerprint density at radius 1 is 0.896 bits per heavy atom. The number of fused-ring (bicyclic) bond motifs is 2. The number of aliphatic hydroxyl groups is 2. The van der Waals surface area contributed by atoms with Crippen molar-refractivity contribution >= 4 is 17.9 Å². The van der Waals surface area contributed by atoms with E-state index in [-0.39, 0.29) is 44.0 Å². The number of nitrogens with one attached hydrogen (secondary N) is 1. The molecule has 0 spiro atoms. The molecule has 12 heteroatoms. The normalized spacial score (nSPS) is 22.5. The van der Waals surface area contributed by atoms with Crippen LogP contribution in [0, 0.1) is 17.8 Å². The van der Waals surface area contributed by atoms with E-state index in [0.717, 1.165) is 67.4 Å². The lowest BCUT2D eigenvalue weighted by molar-refractivity contribution is -0.255. The van der Waals surface area contributed by atoms with E-state index < -0.39 is 35.5 Å². The highest BCUT2D eigenvalue weighted by Crippen LogP contribution is 2.62. The summed E-state index contributed by atoms with van der Waals surface area (Å²) < 4.78 is 26.6. The van der Waals surface area contributed by atoms with Gasteiger partial charge in [-0.3, -0.25) is 4.90 Å². The van der Waals surface area contributed by atoms with Crippen LogP contribution in [0.15, 0.2) is 78.0 Å². The van der Waals surface area contributed by atoms with Gasteiger partial charge in [0.2, 0.25) is 5.79 Å². The van der Waals surface area contributed by atoms with Crippen molar-refractivity contribution < 1.29 is 43.6 Å². The Kier molecular flexibility index (Phi) is 22.0. The second kappa shape index (κ2) is 27.6. The Balaban J connectivity index is 1.57. The zero-order valence-electron chi connectivity index (χ0n) is 41.5. The Hall–Kier alpha value is -4.39. The summed E-state index contributed by atoms with van der Waals surface area (Å²) in [6, 6.07) is 14.5. The minimum absolute atomic E-state index is 0.0157. The molecule has 0 saturated heterocycles. The number of hydrogen-bond donors (Lipinski definition) is 3. The average Bonchev–Trinajstić information content (AvgIpc) is 3.31. The molecule has 2 aromatic rings. The van der Waals surface area contributed by atoms with Crippen LogP contribution in [0.1, 0.15) is 167 Å². The number of oxime groups is 1. The third-order valence-corrected chi connectivity index (χ3v) is 13.4. The van der Waals surface area contributed by atoms with Crippen molar-refractivity contribution in [3.8, 4) is 11.5 Å². The fourth-order valence-electron chi connectivity index (χ4n) is 10.3. The first kappa shape index (κ1) is 53.6. The van der Waals surface area contributed by atoms with Crippen LogP contribution in [0.4, 0.5) is 9.59 Å². The number of rotatable bonds is 29. The maximum atomic E-state index is 14.6. The van der Waals surface area contributed by atoms with Crippen molar-refractivity contribution in [1.82, 2.24) is 10.2 Å². The second-order valence-corrected chi connectivity index (χ2v) is 19.7. The van der Waals surface area contributed by atoms with Crippen molar-refractivity contribution in [2.24, 2.45) is 22.9 Å². The summed E-state index contributed by atoms with van der Waals surface area (Å²) in [5.74, 6) is -1.16. The van der Waals surface area contributed by atoms with Gasteiger partial charge in [0.05, 0.1) is 24.8 Å². The van der Waals surface area contributed by atoms with Crippen molar-refractivity contribution in [3.63, 3.8) is 0 Å². The summed E-state index contributed by atoms with van der Waals surface area (Å²) in [5.41, 5.74) is 2.88. The molecule has 5 rings (SSSR count). The van der Waals surface area contributed by atoms with E-state index in [1.54, 1.807) is 17.0 Å².